The molecule has 0 aromatic heterocycles. The molecule has 1 amide bonds. The third-order valence-electron chi connectivity index (χ3n) is 3.81. The summed E-state index contributed by atoms with van der Waals surface area (Å²) >= 11 is 0. The number of rotatable bonds is 4. The summed E-state index contributed by atoms with van der Waals surface area (Å²) in [5, 5.41) is 16.9. The van der Waals surface area contributed by atoms with Crippen LogP contribution in [-0.4, -0.2) is 36.5 Å². The normalized spacial score (nSPS) is 20.6. The highest BCUT2D eigenvalue weighted by atomic mass is 16.6. The third kappa shape index (κ3) is 4.26. The van der Waals surface area contributed by atoms with Crippen molar-refractivity contribution in [2.45, 2.75) is 25.8 Å². The topological polar surface area (TPSA) is 111 Å². The van der Waals surface area contributed by atoms with Crippen LogP contribution in [0.1, 0.15) is 30.1 Å². The SMILES string of the molecule is COC(=O)c1cc(NC(=O)[C@H]2CCN[C@@H](C)C2)cc([N+](=O)[O-])c1. The summed E-state index contributed by atoms with van der Waals surface area (Å²) in [6.45, 7) is 2.75. The number of methoxy groups -OCH3 is 1. The average molecular weight is 321 g/mol. The number of hydrogen-bond donors (Lipinski definition) is 2. The first-order chi connectivity index (χ1) is 10.9. The Hall–Kier alpha value is -2.48. The molecular weight excluding hydrogens is 302 g/mol. The summed E-state index contributed by atoms with van der Waals surface area (Å²) in [6.07, 6.45) is 1.40. The van der Waals surface area contributed by atoms with Crippen molar-refractivity contribution in [2.24, 2.45) is 5.92 Å². The van der Waals surface area contributed by atoms with Gasteiger partial charge in [-0.1, -0.05) is 0 Å². The average Bonchev–Trinajstić information content (AvgIpc) is 2.53. The summed E-state index contributed by atoms with van der Waals surface area (Å²) in [7, 11) is 1.19. The highest BCUT2D eigenvalue weighted by Gasteiger charge is 2.25. The number of hydrogen-bond acceptors (Lipinski definition) is 6. The van der Waals surface area contributed by atoms with Crippen LogP contribution >= 0.6 is 0 Å². The van der Waals surface area contributed by atoms with Crippen molar-refractivity contribution in [3.8, 4) is 0 Å². The second kappa shape index (κ2) is 7.19. The highest BCUT2D eigenvalue weighted by molar-refractivity contribution is 5.96. The quantitative estimate of drug-likeness (QED) is 0.496. The molecule has 8 heteroatoms. The van der Waals surface area contributed by atoms with Gasteiger partial charge in [-0.25, -0.2) is 4.79 Å². The molecule has 2 atom stereocenters. The Kier molecular flexibility index (Phi) is 5.28. The number of anilines is 1. The van der Waals surface area contributed by atoms with Gasteiger partial charge >= 0.3 is 5.97 Å². The summed E-state index contributed by atoms with van der Waals surface area (Å²) in [6, 6.07) is 3.97. The Morgan fingerprint density at radius 1 is 1.39 bits per heavy atom. The van der Waals surface area contributed by atoms with E-state index < -0.39 is 10.9 Å². The molecule has 0 radical (unpaired) electrons. The van der Waals surface area contributed by atoms with Crippen LogP contribution in [0.4, 0.5) is 11.4 Å². The molecule has 1 aromatic rings. The summed E-state index contributed by atoms with van der Waals surface area (Å²) in [5.41, 5.74) is -0.0339. The maximum atomic E-state index is 12.3. The van der Waals surface area contributed by atoms with E-state index in [2.05, 4.69) is 15.4 Å². The minimum atomic E-state index is -0.695. The van der Waals surface area contributed by atoms with Gasteiger partial charge in [0.25, 0.3) is 5.69 Å². The molecule has 0 aliphatic carbocycles. The Bertz CT molecular complexity index is 632. The maximum absolute atomic E-state index is 12.3. The molecule has 0 unspecified atom stereocenters. The molecule has 0 saturated carbocycles. The fraction of sp³-hybridized carbons (Fsp3) is 0.467. The van der Waals surface area contributed by atoms with Gasteiger partial charge in [-0.3, -0.25) is 14.9 Å². The molecule has 0 bridgehead atoms. The monoisotopic (exact) mass is 321 g/mol. The smallest absolute Gasteiger partial charge is 0.338 e. The van der Waals surface area contributed by atoms with Gasteiger partial charge in [0, 0.05) is 29.8 Å². The van der Waals surface area contributed by atoms with Gasteiger partial charge in [0.15, 0.2) is 0 Å². The van der Waals surface area contributed by atoms with Crippen molar-refractivity contribution in [3.05, 3.63) is 33.9 Å². The lowest BCUT2D eigenvalue weighted by molar-refractivity contribution is -0.384. The van der Waals surface area contributed by atoms with Crippen molar-refractivity contribution in [2.75, 3.05) is 19.0 Å². The highest BCUT2D eigenvalue weighted by Crippen LogP contribution is 2.24. The lowest BCUT2D eigenvalue weighted by Gasteiger charge is -2.27. The zero-order chi connectivity index (χ0) is 17.0. The summed E-state index contributed by atoms with van der Waals surface area (Å²) < 4.78 is 4.58. The van der Waals surface area contributed by atoms with E-state index >= 15 is 0 Å². The fourth-order valence-electron chi connectivity index (χ4n) is 2.64. The van der Waals surface area contributed by atoms with Crippen LogP contribution in [0.2, 0.25) is 0 Å². The molecule has 2 N–H and O–H groups in total. The van der Waals surface area contributed by atoms with Gasteiger partial charge in [0.2, 0.25) is 5.91 Å². The van der Waals surface area contributed by atoms with E-state index in [0.717, 1.165) is 12.6 Å². The maximum Gasteiger partial charge on any atom is 0.338 e. The molecule has 1 aliphatic rings. The summed E-state index contributed by atoms with van der Waals surface area (Å²) in [4.78, 5) is 34.3. The number of nitro benzene ring substituents is 1. The van der Waals surface area contributed by atoms with Crippen molar-refractivity contribution in [3.63, 3.8) is 0 Å². The number of nitrogens with zero attached hydrogens (tertiary/aromatic N) is 1. The lowest BCUT2D eigenvalue weighted by Crippen LogP contribution is -2.40. The van der Waals surface area contributed by atoms with Crippen molar-refractivity contribution >= 4 is 23.3 Å². The fourth-order valence-corrected chi connectivity index (χ4v) is 2.64. The Balaban J connectivity index is 2.20. The second-order valence-electron chi connectivity index (χ2n) is 5.58. The van der Waals surface area contributed by atoms with E-state index in [-0.39, 0.29) is 34.8 Å². The lowest BCUT2D eigenvalue weighted by atomic mass is 9.92. The zero-order valence-corrected chi connectivity index (χ0v) is 13.0. The molecule has 1 heterocycles. The molecular formula is C15H19N3O5. The standard InChI is InChI=1S/C15H19N3O5/c1-9-5-10(3-4-16-9)14(19)17-12-6-11(15(20)23-2)7-13(8-12)18(21)22/h6-10,16H,3-5H2,1-2H3,(H,17,19)/t9-,10-/m0/s1. The van der Waals surface area contributed by atoms with Gasteiger partial charge in [0.1, 0.15) is 0 Å². The largest absolute Gasteiger partial charge is 0.465 e. The molecule has 124 valence electrons. The van der Waals surface area contributed by atoms with Crippen LogP contribution in [0, 0.1) is 16.0 Å². The van der Waals surface area contributed by atoms with Crippen LogP contribution in [0.5, 0.6) is 0 Å². The number of piperidine rings is 1. The molecule has 23 heavy (non-hydrogen) atoms. The van der Waals surface area contributed by atoms with Crippen LogP contribution in [0.3, 0.4) is 0 Å². The van der Waals surface area contributed by atoms with E-state index in [0.29, 0.717) is 12.8 Å². The number of amides is 1. The predicted molar refractivity (Wildman–Crippen MR) is 83.3 cm³/mol. The minimum Gasteiger partial charge on any atom is -0.465 e. The number of esters is 1. The number of carbonyl (C=O) groups excluding carboxylic acids is 2. The van der Waals surface area contributed by atoms with E-state index in [1.165, 1.54) is 19.2 Å². The number of non-ortho nitro benzene ring substituents is 1. The van der Waals surface area contributed by atoms with Crippen LogP contribution < -0.4 is 10.6 Å². The zero-order valence-electron chi connectivity index (χ0n) is 13.0. The minimum absolute atomic E-state index is 0.0238. The van der Waals surface area contributed by atoms with Crippen molar-refractivity contribution in [1.82, 2.24) is 5.32 Å². The van der Waals surface area contributed by atoms with Gasteiger partial charge in [-0.05, 0) is 32.4 Å². The van der Waals surface area contributed by atoms with E-state index in [1.54, 1.807) is 0 Å². The molecule has 8 nitrogen and oxygen atoms in total. The number of benzene rings is 1. The first-order valence-electron chi connectivity index (χ1n) is 7.32. The Morgan fingerprint density at radius 3 is 2.74 bits per heavy atom. The number of carbonyl (C=O) groups is 2. The van der Waals surface area contributed by atoms with Crippen molar-refractivity contribution in [1.29, 1.82) is 0 Å². The number of nitrogens with one attached hydrogen (secondary N) is 2. The van der Waals surface area contributed by atoms with E-state index in [4.69, 9.17) is 0 Å². The first kappa shape index (κ1) is 16.9. The van der Waals surface area contributed by atoms with E-state index in [1.807, 2.05) is 6.92 Å². The van der Waals surface area contributed by atoms with Crippen molar-refractivity contribution < 1.29 is 19.2 Å². The summed E-state index contributed by atoms with van der Waals surface area (Å²) in [5.74, 6) is -1.05. The predicted octanol–water partition coefficient (Wildman–Crippen LogP) is 1.71. The third-order valence-corrected chi connectivity index (χ3v) is 3.81. The molecule has 1 aromatic carbocycles. The van der Waals surface area contributed by atoms with Gasteiger partial charge in [0.05, 0.1) is 17.6 Å². The van der Waals surface area contributed by atoms with Crippen LogP contribution in [0.25, 0.3) is 0 Å². The molecule has 1 aliphatic heterocycles. The van der Waals surface area contributed by atoms with Gasteiger partial charge in [-0.2, -0.15) is 0 Å². The first-order valence-corrected chi connectivity index (χ1v) is 7.32. The van der Waals surface area contributed by atoms with Gasteiger partial charge < -0.3 is 15.4 Å². The molecule has 2 rings (SSSR count). The number of ether oxygens (including phenoxy) is 1. The van der Waals surface area contributed by atoms with Crippen LogP contribution in [-0.2, 0) is 9.53 Å². The van der Waals surface area contributed by atoms with Crippen LogP contribution in [0.15, 0.2) is 18.2 Å². The molecule has 1 saturated heterocycles. The Labute approximate surface area is 133 Å². The van der Waals surface area contributed by atoms with Gasteiger partial charge in [-0.15, -0.1) is 0 Å². The number of nitro groups is 1. The second-order valence-corrected chi connectivity index (χ2v) is 5.58. The molecule has 0 spiro atoms. The van der Waals surface area contributed by atoms with E-state index in [9.17, 15) is 19.7 Å². The molecule has 1 fully saturated rings. The Morgan fingerprint density at radius 2 is 2.13 bits per heavy atom.